The Morgan fingerprint density at radius 3 is 2.62 bits per heavy atom. The van der Waals surface area contributed by atoms with Crippen molar-refractivity contribution in [3.8, 4) is 0 Å². The van der Waals surface area contributed by atoms with Gasteiger partial charge in [-0.3, -0.25) is 0 Å². The Kier molecular flexibility index (Phi) is 5.18. The van der Waals surface area contributed by atoms with Gasteiger partial charge in [-0.1, -0.05) is 13.8 Å². The standard InChI is InChI=1S/C26H41NOS/c1-16(13-19-14-17(2)27-29-19)23-7-8-24-22-6-5-18-15-25(3,28)11-9-20(18)21(22)10-12-26(23,24)4/h14,16,18,20-24,28H,5-13,15H2,1-4H3/t16-,18+,20-,21+,22+,23+,24-,25+,26+/m0/s1. The molecule has 162 valence electrons. The molecule has 1 N–H and O–H groups in total. The number of fused-ring (bicyclic) bond motifs is 5. The molecule has 0 spiro atoms. The first kappa shape index (κ1) is 20.5. The third kappa shape index (κ3) is 3.53. The van der Waals surface area contributed by atoms with Crippen molar-refractivity contribution < 1.29 is 5.11 Å². The zero-order valence-electron chi connectivity index (χ0n) is 19.0. The Hall–Kier alpha value is -0.410. The van der Waals surface area contributed by atoms with E-state index in [9.17, 15) is 5.11 Å². The summed E-state index contributed by atoms with van der Waals surface area (Å²) in [6.45, 7) is 9.41. The predicted molar refractivity (Wildman–Crippen MR) is 121 cm³/mol. The number of aryl methyl sites for hydroxylation is 1. The molecule has 0 aliphatic heterocycles. The van der Waals surface area contributed by atoms with E-state index in [0.717, 1.165) is 54.3 Å². The fourth-order valence-corrected chi connectivity index (χ4v) is 9.90. The number of nitrogens with zero attached hydrogens (tertiary/aromatic N) is 1. The minimum atomic E-state index is -0.389. The van der Waals surface area contributed by atoms with Gasteiger partial charge in [0.15, 0.2) is 0 Å². The zero-order chi connectivity index (χ0) is 20.4. The third-order valence-electron chi connectivity index (χ3n) is 10.2. The van der Waals surface area contributed by atoms with E-state index in [4.69, 9.17) is 0 Å². The summed E-state index contributed by atoms with van der Waals surface area (Å²) in [5.41, 5.74) is 1.37. The van der Waals surface area contributed by atoms with E-state index in [-0.39, 0.29) is 5.60 Å². The van der Waals surface area contributed by atoms with Crippen molar-refractivity contribution in [1.82, 2.24) is 4.37 Å². The van der Waals surface area contributed by atoms with Gasteiger partial charge >= 0.3 is 0 Å². The van der Waals surface area contributed by atoms with Gasteiger partial charge in [-0.2, -0.15) is 4.37 Å². The second-order valence-electron chi connectivity index (χ2n) is 12.0. The highest BCUT2D eigenvalue weighted by molar-refractivity contribution is 7.05. The molecule has 4 fully saturated rings. The van der Waals surface area contributed by atoms with E-state index in [2.05, 4.69) is 38.1 Å². The molecular formula is C26H41NOS. The fourth-order valence-electron chi connectivity index (χ4n) is 9.03. The highest BCUT2D eigenvalue weighted by Gasteiger charge is 2.58. The van der Waals surface area contributed by atoms with Gasteiger partial charge in [-0.05, 0) is 142 Å². The number of rotatable bonds is 3. The normalized spacial score (nSPS) is 47.9. The van der Waals surface area contributed by atoms with Gasteiger partial charge in [0.2, 0.25) is 0 Å². The van der Waals surface area contributed by atoms with E-state index in [1.807, 2.05) is 0 Å². The van der Waals surface area contributed by atoms with Gasteiger partial charge < -0.3 is 5.11 Å². The summed E-state index contributed by atoms with van der Waals surface area (Å²) in [4.78, 5) is 1.49. The van der Waals surface area contributed by atoms with Crippen LogP contribution >= 0.6 is 11.5 Å². The molecule has 3 heteroatoms. The summed E-state index contributed by atoms with van der Waals surface area (Å²) < 4.78 is 4.52. The average molecular weight is 416 g/mol. The fraction of sp³-hybridized carbons (Fsp3) is 0.885. The monoisotopic (exact) mass is 415 g/mol. The summed E-state index contributed by atoms with van der Waals surface area (Å²) in [5.74, 6) is 6.27. The summed E-state index contributed by atoms with van der Waals surface area (Å²) in [7, 11) is 0. The lowest BCUT2D eigenvalue weighted by molar-refractivity contribution is -0.102. The first-order valence-corrected chi connectivity index (χ1v) is 13.2. The summed E-state index contributed by atoms with van der Waals surface area (Å²) in [5, 5.41) is 10.6. The molecular weight excluding hydrogens is 374 g/mol. The maximum atomic E-state index is 10.6. The molecule has 0 amide bonds. The number of hydrogen-bond acceptors (Lipinski definition) is 3. The zero-order valence-corrected chi connectivity index (χ0v) is 19.8. The van der Waals surface area contributed by atoms with Crippen molar-refractivity contribution in [1.29, 1.82) is 0 Å². The van der Waals surface area contributed by atoms with E-state index in [1.54, 1.807) is 11.5 Å². The maximum absolute atomic E-state index is 10.6. The van der Waals surface area contributed by atoms with Crippen molar-refractivity contribution in [3.05, 3.63) is 16.6 Å². The van der Waals surface area contributed by atoms with Crippen LogP contribution in [0.3, 0.4) is 0 Å². The molecule has 1 heterocycles. The van der Waals surface area contributed by atoms with E-state index >= 15 is 0 Å². The van der Waals surface area contributed by atoms with Gasteiger partial charge in [-0.15, -0.1) is 0 Å². The minimum absolute atomic E-state index is 0.389. The largest absolute Gasteiger partial charge is 0.390 e. The summed E-state index contributed by atoms with van der Waals surface area (Å²) in [6, 6.07) is 2.31. The molecule has 9 atom stereocenters. The van der Waals surface area contributed by atoms with Crippen LogP contribution in [0.5, 0.6) is 0 Å². The third-order valence-corrected chi connectivity index (χ3v) is 11.1. The summed E-state index contributed by atoms with van der Waals surface area (Å²) in [6.07, 6.45) is 13.3. The van der Waals surface area contributed by atoms with Gasteiger partial charge in [0, 0.05) is 4.88 Å². The Morgan fingerprint density at radius 1 is 1.07 bits per heavy atom. The smallest absolute Gasteiger partial charge is 0.0622 e. The lowest BCUT2D eigenvalue weighted by Crippen LogP contribution is -2.50. The average Bonchev–Trinajstić information content (AvgIpc) is 3.22. The maximum Gasteiger partial charge on any atom is 0.0622 e. The first-order valence-electron chi connectivity index (χ1n) is 12.4. The quantitative estimate of drug-likeness (QED) is 0.599. The van der Waals surface area contributed by atoms with Crippen LogP contribution in [0.4, 0.5) is 0 Å². The minimum Gasteiger partial charge on any atom is -0.390 e. The first-order chi connectivity index (χ1) is 13.8. The molecule has 2 nitrogen and oxygen atoms in total. The predicted octanol–water partition coefficient (Wildman–Crippen LogP) is 6.65. The van der Waals surface area contributed by atoms with E-state index < -0.39 is 0 Å². The highest BCUT2D eigenvalue weighted by Crippen LogP contribution is 2.65. The molecule has 1 aromatic heterocycles. The molecule has 4 aliphatic carbocycles. The molecule has 4 saturated carbocycles. The van der Waals surface area contributed by atoms with Crippen molar-refractivity contribution in [2.75, 3.05) is 0 Å². The van der Waals surface area contributed by atoms with Crippen molar-refractivity contribution >= 4 is 11.5 Å². The topological polar surface area (TPSA) is 33.1 Å². The van der Waals surface area contributed by atoms with Gasteiger partial charge in [0.25, 0.3) is 0 Å². The molecule has 5 rings (SSSR count). The SMILES string of the molecule is Cc1cc(C[C@H](C)[C@H]2CC[C@H]3[C@@H]4CC[C@@H]5C[C@](C)(O)CC[C@@H]5[C@H]4CC[C@]23C)sn1. The van der Waals surface area contributed by atoms with Crippen LogP contribution in [0.2, 0.25) is 0 Å². The van der Waals surface area contributed by atoms with Gasteiger partial charge in [0.05, 0.1) is 11.3 Å². The van der Waals surface area contributed by atoms with Crippen LogP contribution < -0.4 is 0 Å². The highest BCUT2D eigenvalue weighted by atomic mass is 32.1. The number of hydrogen-bond donors (Lipinski definition) is 1. The van der Waals surface area contributed by atoms with Crippen LogP contribution in [0.15, 0.2) is 6.07 Å². The Labute approximate surface area is 182 Å². The second-order valence-corrected chi connectivity index (χ2v) is 12.9. The van der Waals surface area contributed by atoms with Crippen LogP contribution in [-0.4, -0.2) is 15.1 Å². The van der Waals surface area contributed by atoms with Crippen LogP contribution in [-0.2, 0) is 6.42 Å². The van der Waals surface area contributed by atoms with Crippen LogP contribution in [0.25, 0.3) is 0 Å². The number of aliphatic hydroxyl groups is 1. The molecule has 0 radical (unpaired) electrons. The number of aromatic nitrogens is 1. The van der Waals surface area contributed by atoms with Gasteiger partial charge in [-0.25, -0.2) is 0 Å². The molecule has 29 heavy (non-hydrogen) atoms. The molecule has 0 saturated heterocycles. The lowest BCUT2D eigenvalue weighted by Gasteiger charge is -2.57. The molecule has 1 aromatic rings. The van der Waals surface area contributed by atoms with Crippen molar-refractivity contribution in [2.45, 2.75) is 97.5 Å². The lowest BCUT2D eigenvalue weighted by atomic mass is 9.48. The van der Waals surface area contributed by atoms with Gasteiger partial charge in [0.1, 0.15) is 0 Å². The second kappa shape index (κ2) is 7.33. The van der Waals surface area contributed by atoms with Crippen LogP contribution in [0.1, 0.15) is 89.1 Å². The van der Waals surface area contributed by atoms with E-state index in [1.165, 1.54) is 61.9 Å². The molecule has 0 unspecified atom stereocenters. The Bertz CT molecular complexity index is 741. The Balaban J connectivity index is 1.31. The Morgan fingerprint density at radius 2 is 1.86 bits per heavy atom. The molecule has 0 aromatic carbocycles. The molecule has 0 bridgehead atoms. The van der Waals surface area contributed by atoms with Crippen LogP contribution in [0, 0.1) is 53.8 Å². The van der Waals surface area contributed by atoms with E-state index in [0.29, 0.717) is 5.41 Å². The van der Waals surface area contributed by atoms with Crippen molar-refractivity contribution in [3.63, 3.8) is 0 Å². The molecule has 4 aliphatic rings. The van der Waals surface area contributed by atoms with Crippen molar-refractivity contribution in [2.24, 2.45) is 46.8 Å². The summed E-state index contributed by atoms with van der Waals surface area (Å²) >= 11 is 1.72.